The summed E-state index contributed by atoms with van der Waals surface area (Å²) in [5.74, 6) is -10.6. The first-order chi connectivity index (χ1) is 36.9. The van der Waals surface area contributed by atoms with Gasteiger partial charge in [0.05, 0.1) is 25.3 Å². The number of nitrogens with one attached hydrogen (secondary N) is 9. The van der Waals surface area contributed by atoms with Crippen LogP contribution < -0.4 is 70.8 Å². The predicted octanol–water partition coefficient (Wildman–Crippen LogP) is -3.27. The van der Waals surface area contributed by atoms with Gasteiger partial charge in [0, 0.05) is 36.7 Å². The van der Waals surface area contributed by atoms with Crippen molar-refractivity contribution in [1.29, 1.82) is 0 Å². The lowest BCUT2D eigenvalue weighted by Gasteiger charge is -2.31. The molecule has 0 spiro atoms. The molecule has 11 amide bonds. The molecule has 27 heteroatoms. The Morgan fingerprint density at radius 3 is 1.78 bits per heavy atom. The standard InChI is InChI=1S/C51H86N14O12S/c1-28(2)19-34(60-44(70)30(5)11-10-16-52)46(72)62-36(22-40(54)67)47(73)61-35(21-32-12-8-7-9-13-32)48(74)65-43(29(3)4)51(77)63-38(25-66)50(76)64-39(45(71)57-24-41(55)68)26-78-27-42(69)59-37(23-53)49(75)58-31(6)20-33-14-17-56-18-15-33/h14-15,17-18,28-32,34-39,43,66H,7-13,16,19-27,52-53H2,1-6H3,(H2,54,67)(H2,55,68)(H,57,71)(H,58,75)(H,59,69)(H,60,70)(H,61,73)(H,62,72)(H,63,77)(H,64,76)(H,65,74)/t30-,31+,34+,35-,36-,37-,38-,39-,43-/m0/s1. The molecule has 1 fully saturated rings. The number of nitrogens with zero attached hydrogens (tertiary/aromatic N) is 1. The van der Waals surface area contributed by atoms with E-state index in [1.165, 1.54) is 0 Å². The van der Waals surface area contributed by atoms with E-state index in [0.717, 1.165) is 49.4 Å². The maximum Gasteiger partial charge on any atom is 0.245 e. The molecule has 1 aromatic rings. The number of pyridine rings is 1. The van der Waals surface area contributed by atoms with Gasteiger partial charge >= 0.3 is 0 Å². The first-order valence-corrected chi connectivity index (χ1v) is 27.8. The highest BCUT2D eigenvalue weighted by atomic mass is 32.2. The van der Waals surface area contributed by atoms with Gasteiger partial charge in [-0.1, -0.05) is 66.7 Å². The molecule has 1 aromatic heterocycles. The number of thioether (sulfide) groups is 1. The summed E-state index contributed by atoms with van der Waals surface area (Å²) in [6, 6.07) is -6.33. The predicted molar refractivity (Wildman–Crippen MR) is 291 cm³/mol. The summed E-state index contributed by atoms with van der Waals surface area (Å²) in [7, 11) is 0. The third-order valence-electron chi connectivity index (χ3n) is 12.8. The third-order valence-corrected chi connectivity index (χ3v) is 13.8. The van der Waals surface area contributed by atoms with E-state index in [-0.39, 0.29) is 48.8 Å². The van der Waals surface area contributed by atoms with Crippen molar-refractivity contribution >= 4 is 76.7 Å². The Labute approximate surface area is 460 Å². The molecule has 1 aliphatic carbocycles. The second-order valence-corrected chi connectivity index (χ2v) is 21.6. The van der Waals surface area contributed by atoms with Crippen molar-refractivity contribution in [3.63, 3.8) is 0 Å². The maximum absolute atomic E-state index is 14.3. The molecule has 9 atom stereocenters. The molecule has 78 heavy (non-hydrogen) atoms. The SMILES string of the molecule is CC(C)C[C@@H](NC(=O)[C@@H](C)CCCN)C(=O)N[C@@H](CC(N)=O)C(=O)N[C@@H](CC1CCCCC1)C(=O)N[C@H](C(=O)N[C@@H](CO)C(=O)N[C@@H](CSCC(=O)N[C@@H](CN)C(=O)N[C@H](C)Cc1ccncc1)C(=O)NCC(N)=O)C(C)C. The number of rotatable bonds is 36. The van der Waals surface area contributed by atoms with Gasteiger partial charge in [-0.25, -0.2) is 0 Å². The van der Waals surface area contributed by atoms with Gasteiger partial charge in [0.1, 0.15) is 42.3 Å². The fourth-order valence-electron chi connectivity index (χ4n) is 8.52. The Balaban J connectivity index is 2.25. The van der Waals surface area contributed by atoms with Crippen molar-refractivity contribution in [3.8, 4) is 0 Å². The van der Waals surface area contributed by atoms with Crippen LogP contribution in [0.25, 0.3) is 0 Å². The smallest absolute Gasteiger partial charge is 0.245 e. The Morgan fingerprint density at radius 1 is 0.641 bits per heavy atom. The van der Waals surface area contributed by atoms with Gasteiger partial charge in [0.15, 0.2) is 0 Å². The van der Waals surface area contributed by atoms with E-state index >= 15 is 0 Å². The zero-order chi connectivity index (χ0) is 58.5. The normalized spacial score (nSPS) is 16.0. The molecule has 0 aliphatic heterocycles. The van der Waals surface area contributed by atoms with Gasteiger partial charge in [0.25, 0.3) is 0 Å². The van der Waals surface area contributed by atoms with Crippen molar-refractivity contribution in [3.05, 3.63) is 30.1 Å². The monoisotopic (exact) mass is 1120 g/mol. The molecule has 0 unspecified atom stereocenters. The molecule has 26 nitrogen and oxygen atoms in total. The quantitative estimate of drug-likeness (QED) is 0.0314. The molecule has 0 bridgehead atoms. The Morgan fingerprint density at radius 2 is 1.21 bits per heavy atom. The lowest BCUT2D eigenvalue weighted by molar-refractivity contribution is -0.137. The number of primary amides is 2. The fraction of sp³-hybridized carbons (Fsp3) is 0.686. The number of nitrogens with two attached hydrogens (primary N) is 4. The minimum Gasteiger partial charge on any atom is -0.394 e. The number of carbonyl (C=O) groups is 11. The topological polar surface area (TPSA) is 433 Å². The molecular formula is C51H86N14O12S. The first kappa shape index (κ1) is 67.7. The summed E-state index contributed by atoms with van der Waals surface area (Å²) in [4.78, 5) is 150. The molecule has 438 valence electrons. The summed E-state index contributed by atoms with van der Waals surface area (Å²) in [6.45, 7) is 8.89. The molecule has 18 N–H and O–H groups in total. The van der Waals surface area contributed by atoms with E-state index in [4.69, 9.17) is 22.9 Å². The average Bonchev–Trinajstić information content (AvgIpc) is 3.38. The van der Waals surface area contributed by atoms with Crippen LogP contribution in [-0.4, -0.2) is 161 Å². The molecule has 1 aliphatic rings. The van der Waals surface area contributed by atoms with Crippen molar-refractivity contribution in [2.75, 3.05) is 37.7 Å². The highest BCUT2D eigenvalue weighted by molar-refractivity contribution is 8.00. The number of aliphatic hydroxyl groups is 1. The van der Waals surface area contributed by atoms with Crippen LogP contribution in [0.15, 0.2) is 24.5 Å². The summed E-state index contributed by atoms with van der Waals surface area (Å²) in [5.41, 5.74) is 23.1. The number of aliphatic hydroxyl groups excluding tert-OH is 1. The molecule has 0 aromatic carbocycles. The van der Waals surface area contributed by atoms with Crippen LogP contribution in [0.2, 0.25) is 0 Å². The van der Waals surface area contributed by atoms with E-state index < -0.39 is 139 Å². The number of hydrogen-bond acceptors (Lipinski definition) is 16. The van der Waals surface area contributed by atoms with Crippen molar-refractivity contribution in [2.24, 2.45) is 46.6 Å². The molecule has 0 saturated heterocycles. The third kappa shape index (κ3) is 25.8. The molecule has 1 heterocycles. The lowest BCUT2D eigenvalue weighted by Crippen LogP contribution is -2.61. The minimum atomic E-state index is -1.71. The number of hydrogen-bond donors (Lipinski definition) is 14. The minimum absolute atomic E-state index is 0.0348. The Hall–Kier alpha value is -6.45. The number of amides is 11. The summed E-state index contributed by atoms with van der Waals surface area (Å²) >= 11 is 0.866. The Bertz CT molecular complexity index is 2150. The van der Waals surface area contributed by atoms with E-state index in [1.54, 1.807) is 52.2 Å². The first-order valence-electron chi connectivity index (χ1n) is 26.6. The second kappa shape index (κ2) is 35.9. The van der Waals surface area contributed by atoms with Crippen LogP contribution in [0, 0.1) is 23.7 Å². The van der Waals surface area contributed by atoms with Crippen LogP contribution in [0.3, 0.4) is 0 Å². The fourth-order valence-corrected chi connectivity index (χ4v) is 9.37. The van der Waals surface area contributed by atoms with E-state index in [2.05, 4.69) is 52.8 Å². The second-order valence-electron chi connectivity index (χ2n) is 20.6. The van der Waals surface area contributed by atoms with Gasteiger partial charge in [-0.05, 0) is 81.0 Å². The van der Waals surface area contributed by atoms with Gasteiger partial charge in [-0.2, -0.15) is 0 Å². The van der Waals surface area contributed by atoms with Crippen LogP contribution in [0.1, 0.15) is 111 Å². The van der Waals surface area contributed by atoms with Crippen LogP contribution in [-0.2, 0) is 59.2 Å². The zero-order valence-electron chi connectivity index (χ0n) is 45.9. The molecule has 0 radical (unpaired) electrons. The summed E-state index contributed by atoms with van der Waals surface area (Å²) < 4.78 is 0. The van der Waals surface area contributed by atoms with E-state index in [9.17, 15) is 57.8 Å². The van der Waals surface area contributed by atoms with E-state index in [1.807, 2.05) is 13.8 Å². The van der Waals surface area contributed by atoms with Gasteiger partial charge in [-0.3, -0.25) is 57.7 Å². The van der Waals surface area contributed by atoms with Crippen molar-refractivity contribution < 1.29 is 57.8 Å². The largest absolute Gasteiger partial charge is 0.394 e. The van der Waals surface area contributed by atoms with Gasteiger partial charge < -0.3 is 75.9 Å². The van der Waals surface area contributed by atoms with Crippen molar-refractivity contribution in [2.45, 2.75) is 161 Å². The summed E-state index contributed by atoms with van der Waals surface area (Å²) in [6.07, 6.45) is 8.64. The van der Waals surface area contributed by atoms with Crippen LogP contribution in [0.5, 0.6) is 0 Å². The van der Waals surface area contributed by atoms with Crippen molar-refractivity contribution in [1.82, 2.24) is 52.8 Å². The van der Waals surface area contributed by atoms with Gasteiger partial charge in [-0.15, -0.1) is 11.8 Å². The maximum atomic E-state index is 14.3. The van der Waals surface area contributed by atoms with E-state index in [0.29, 0.717) is 25.8 Å². The Kier molecular flexibility index (Phi) is 31.1. The molecule has 1 saturated carbocycles. The van der Waals surface area contributed by atoms with Crippen LogP contribution in [0.4, 0.5) is 0 Å². The lowest BCUT2D eigenvalue weighted by atomic mass is 9.84. The summed E-state index contributed by atoms with van der Waals surface area (Å²) in [5, 5.41) is 33.4. The zero-order valence-corrected chi connectivity index (χ0v) is 46.7. The number of carbonyl (C=O) groups excluding carboxylic acids is 11. The molecular weight excluding hydrogens is 1030 g/mol. The highest BCUT2D eigenvalue weighted by Crippen LogP contribution is 2.28. The van der Waals surface area contributed by atoms with Crippen LogP contribution >= 0.6 is 11.8 Å². The average molecular weight is 1120 g/mol. The highest BCUT2D eigenvalue weighted by Gasteiger charge is 2.36. The molecule has 2 rings (SSSR count). The number of aromatic nitrogens is 1. The van der Waals surface area contributed by atoms with Gasteiger partial charge in [0.2, 0.25) is 65.0 Å².